The molecule has 0 aliphatic heterocycles. The number of ether oxygens (including phenoxy) is 2. The SMILES string of the molecule is CC/C=C/CC(O)/C=C/C=C/CCCCCCCC(=O)OC[C@H](COP(=O)(O)OCCN)OC(=O)CCCCCCCCCCCCCCCCC. The van der Waals surface area contributed by atoms with Crippen molar-refractivity contribution in [2.75, 3.05) is 26.4 Å². The van der Waals surface area contributed by atoms with Gasteiger partial charge < -0.3 is 25.2 Å². The molecule has 3 atom stereocenters. The minimum absolute atomic E-state index is 0.0429. The number of phosphoric acid groups is 1. The monoisotopic (exact) mass is 758 g/mol. The number of esters is 2. The average molecular weight is 758 g/mol. The second-order valence-corrected chi connectivity index (χ2v) is 15.1. The molecule has 2 unspecified atom stereocenters. The van der Waals surface area contributed by atoms with Gasteiger partial charge in [-0.15, -0.1) is 0 Å². The number of nitrogens with two attached hydrogens (primary N) is 1. The van der Waals surface area contributed by atoms with Crippen LogP contribution >= 0.6 is 7.82 Å². The first-order chi connectivity index (χ1) is 25.2. The molecule has 10 nitrogen and oxygen atoms in total. The number of hydrogen-bond acceptors (Lipinski definition) is 9. The number of aliphatic hydroxyl groups is 1. The lowest BCUT2D eigenvalue weighted by Gasteiger charge is -2.19. The quantitative estimate of drug-likeness (QED) is 0.0182. The van der Waals surface area contributed by atoms with Crippen LogP contribution in [-0.4, -0.2) is 60.5 Å². The van der Waals surface area contributed by atoms with Crippen molar-refractivity contribution in [2.45, 2.75) is 187 Å². The van der Waals surface area contributed by atoms with Gasteiger partial charge in [0.2, 0.25) is 0 Å². The molecule has 0 saturated carbocycles. The molecule has 0 saturated heterocycles. The highest BCUT2D eigenvalue weighted by molar-refractivity contribution is 7.47. The predicted molar refractivity (Wildman–Crippen MR) is 212 cm³/mol. The van der Waals surface area contributed by atoms with Crippen LogP contribution in [0.1, 0.15) is 174 Å². The molecule has 52 heavy (non-hydrogen) atoms. The lowest BCUT2D eigenvalue weighted by Crippen LogP contribution is -2.29. The van der Waals surface area contributed by atoms with Gasteiger partial charge in [-0.05, 0) is 38.5 Å². The van der Waals surface area contributed by atoms with E-state index in [2.05, 4.69) is 19.9 Å². The summed E-state index contributed by atoms with van der Waals surface area (Å²) in [5.74, 6) is -0.879. The summed E-state index contributed by atoms with van der Waals surface area (Å²) in [5, 5.41) is 9.85. The van der Waals surface area contributed by atoms with E-state index in [1.54, 1.807) is 6.08 Å². The van der Waals surface area contributed by atoms with E-state index in [1.807, 2.05) is 24.3 Å². The highest BCUT2D eigenvalue weighted by Crippen LogP contribution is 2.43. The molecule has 0 heterocycles. The third-order valence-electron chi connectivity index (χ3n) is 8.62. The Morgan fingerprint density at radius 3 is 1.77 bits per heavy atom. The van der Waals surface area contributed by atoms with Crippen LogP contribution in [-0.2, 0) is 32.7 Å². The Balaban J connectivity index is 4.24. The van der Waals surface area contributed by atoms with Gasteiger partial charge in [-0.1, -0.05) is 159 Å². The van der Waals surface area contributed by atoms with Crippen LogP contribution in [0.5, 0.6) is 0 Å². The Kier molecular flexibility index (Phi) is 36.2. The normalized spacial score (nSPS) is 14.3. The zero-order valence-corrected chi connectivity index (χ0v) is 33.8. The molecule has 0 aliphatic rings. The van der Waals surface area contributed by atoms with Crippen LogP contribution < -0.4 is 5.73 Å². The van der Waals surface area contributed by atoms with E-state index in [-0.39, 0.29) is 32.6 Å². The van der Waals surface area contributed by atoms with Crippen molar-refractivity contribution in [3.8, 4) is 0 Å². The van der Waals surface area contributed by atoms with Crippen LogP contribution in [0.2, 0.25) is 0 Å². The lowest BCUT2D eigenvalue weighted by molar-refractivity contribution is -0.161. The fraction of sp³-hybridized carbons (Fsp3) is 0.805. The van der Waals surface area contributed by atoms with Crippen molar-refractivity contribution in [3.63, 3.8) is 0 Å². The summed E-state index contributed by atoms with van der Waals surface area (Å²) in [7, 11) is -4.39. The first-order valence-corrected chi connectivity index (χ1v) is 22.1. The van der Waals surface area contributed by atoms with E-state index in [9.17, 15) is 24.2 Å². The molecule has 0 aromatic rings. The number of carbonyl (C=O) groups excluding carboxylic acids is 2. The lowest BCUT2D eigenvalue weighted by atomic mass is 10.0. The van der Waals surface area contributed by atoms with Crippen LogP contribution in [0.3, 0.4) is 0 Å². The van der Waals surface area contributed by atoms with Crippen LogP contribution in [0.25, 0.3) is 0 Å². The average Bonchev–Trinajstić information content (AvgIpc) is 3.12. The van der Waals surface area contributed by atoms with Crippen molar-refractivity contribution >= 4 is 19.8 Å². The summed E-state index contributed by atoms with van der Waals surface area (Å²) >= 11 is 0. The summed E-state index contributed by atoms with van der Waals surface area (Å²) < 4.78 is 32.7. The Hall–Kier alpha value is -1.81. The summed E-state index contributed by atoms with van der Waals surface area (Å²) in [6.45, 7) is 3.48. The second-order valence-electron chi connectivity index (χ2n) is 13.7. The molecule has 0 bridgehead atoms. The zero-order chi connectivity index (χ0) is 38.4. The molecule has 11 heteroatoms. The van der Waals surface area contributed by atoms with E-state index in [1.165, 1.54) is 70.6 Å². The number of allylic oxidation sites excluding steroid dienone is 4. The summed E-state index contributed by atoms with van der Waals surface area (Å²) in [6, 6.07) is 0. The molecule has 0 aliphatic carbocycles. The molecule has 304 valence electrons. The van der Waals surface area contributed by atoms with Gasteiger partial charge in [0, 0.05) is 19.4 Å². The third-order valence-corrected chi connectivity index (χ3v) is 9.60. The number of rotatable bonds is 38. The smallest absolute Gasteiger partial charge is 0.462 e. The van der Waals surface area contributed by atoms with Gasteiger partial charge in [-0.25, -0.2) is 4.57 Å². The maximum absolute atomic E-state index is 12.6. The molecule has 0 fully saturated rings. The Bertz CT molecular complexity index is 972. The fourth-order valence-electron chi connectivity index (χ4n) is 5.55. The molecule has 0 aromatic carbocycles. The van der Waals surface area contributed by atoms with E-state index in [0.29, 0.717) is 19.3 Å². The Morgan fingerprint density at radius 2 is 1.21 bits per heavy atom. The van der Waals surface area contributed by atoms with E-state index >= 15 is 0 Å². The zero-order valence-electron chi connectivity index (χ0n) is 32.9. The summed E-state index contributed by atoms with van der Waals surface area (Å²) in [5.41, 5.74) is 5.33. The van der Waals surface area contributed by atoms with Crippen LogP contribution in [0.4, 0.5) is 0 Å². The summed E-state index contributed by atoms with van der Waals surface area (Å²) in [6.07, 6.45) is 36.4. The van der Waals surface area contributed by atoms with Gasteiger partial charge >= 0.3 is 19.8 Å². The molecule has 4 N–H and O–H groups in total. The molecule has 0 amide bonds. The van der Waals surface area contributed by atoms with Crippen molar-refractivity contribution < 1.29 is 42.7 Å². The first kappa shape index (κ1) is 50.2. The number of aliphatic hydroxyl groups excluding tert-OH is 1. The molecule has 0 aromatic heterocycles. The fourth-order valence-corrected chi connectivity index (χ4v) is 6.32. The maximum atomic E-state index is 12.6. The van der Waals surface area contributed by atoms with Crippen LogP contribution in [0.15, 0.2) is 36.5 Å². The van der Waals surface area contributed by atoms with E-state index in [4.69, 9.17) is 24.3 Å². The van der Waals surface area contributed by atoms with Gasteiger partial charge in [0.15, 0.2) is 6.10 Å². The van der Waals surface area contributed by atoms with Crippen LogP contribution in [0, 0.1) is 0 Å². The van der Waals surface area contributed by atoms with Crippen molar-refractivity contribution in [2.24, 2.45) is 5.73 Å². The highest BCUT2D eigenvalue weighted by atomic mass is 31.2. The topological polar surface area (TPSA) is 155 Å². The Labute approximate surface area is 317 Å². The van der Waals surface area contributed by atoms with Gasteiger partial charge in [0.1, 0.15) is 6.61 Å². The van der Waals surface area contributed by atoms with Gasteiger partial charge in [0.25, 0.3) is 0 Å². The van der Waals surface area contributed by atoms with Gasteiger partial charge in [0.05, 0.1) is 19.3 Å². The molecule has 0 rings (SSSR count). The molecule has 0 spiro atoms. The standard InChI is InChI=1S/C41H76NO9P/c1-3-5-7-8-9-10-11-12-13-14-15-18-22-25-29-33-41(45)51-39(37-50-52(46,47)49-35-34-42)36-48-40(44)32-28-24-21-19-16-17-20-23-27-31-38(43)30-26-6-4-2/h6,20,23,26-27,31,38-39,43H,3-5,7-19,21-22,24-25,28-30,32-37,42H2,1-2H3,(H,46,47)/b23-20+,26-6+,31-27+/t38?,39-/m1/s1. The second kappa shape index (κ2) is 37.5. The van der Waals surface area contributed by atoms with Crippen molar-refractivity contribution in [1.29, 1.82) is 0 Å². The maximum Gasteiger partial charge on any atom is 0.472 e. The predicted octanol–water partition coefficient (Wildman–Crippen LogP) is 10.4. The van der Waals surface area contributed by atoms with Gasteiger partial charge in [-0.2, -0.15) is 0 Å². The molecular formula is C41H76NO9P. The number of carbonyl (C=O) groups is 2. The summed E-state index contributed by atoms with van der Waals surface area (Å²) in [4.78, 5) is 34.8. The number of phosphoric ester groups is 1. The van der Waals surface area contributed by atoms with Crippen molar-refractivity contribution in [1.82, 2.24) is 0 Å². The Morgan fingerprint density at radius 1 is 0.673 bits per heavy atom. The number of hydrogen-bond donors (Lipinski definition) is 3. The minimum atomic E-state index is -4.39. The molecule has 0 radical (unpaired) electrons. The van der Waals surface area contributed by atoms with Gasteiger partial charge in [-0.3, -0.25) is 18.6 Å². The highest BCUT2D eigenvalue weighted by Gasteiger charge is 2.26. The van der Waals surface area contributed by atoms with E-state index < -0.39 is 38.6 Å². The van der Waals surface area contributed by atoms with E-state index in [0.717, 1.165) is 57.8 Å². The van der Waals surface area contributed by atoms with Crippen molar-refractivity contribution in [3.05, 3.63) is 36.5 Å². The molecular weight excluding hydrogens is 681 g/mol. The third kappa shape index (κ3) is 36.5. The largest absolute Gasteiger partial charge is 0.472 e. The number of unbranched alkanes of at least 4 members (excludes halogenated alkanes) is 19. The first-order valence-electron chi connectivity index (χ1n) is 20.6. The minimum Gasteiger partial charge on any atom is -0.462 e.